The van der Waals surface area contributed by atoms with E-state index in [2.05, 4.69) is 35.2 Å². The summed E-state index contributed by atoms with van der Waals surface area (Å²) in [7, 11) is -3.39. The lowest BCUT2D eigenvalue weighted by Crippen LogP contribution is -2.58. The molecule has 0 aromatic heterocycles. The lowest BCUT2D eigenvalue weighted by molar-refractivity contribution is -0.138. The highest BCUT2D eigenvalue weighted by Gasteiger charge is 2.36. The van der Waals surface area contributed by atoms with E-state index >= 15 is 0 Å². The Morgan fingerprint density at radius 3 is 2.03 bits per heavy atom. The van der Waals surface area contributed by atoms with Crippen molar-refractivity contribution >= 4 is 16.1 Å². The molecule has 1 unspecified atom stereocenters. The number of benzene rings is 1. The molecule has 1 atom stereocenters. The van der Waals surface area contributed by atoms with Crippen molar-refractivity contribution in [2.24, 2.45) is 5.92 Å². The highest BCUT2D eigenvalue weighted by Crippen LogP contribution is 2.23. The molecule has 3 heterocycles. The Bertz CT molecular complexity index is 855. The summed E-state index contributed by atoms with van der Waals surface area (Å²) in [6.45, 7) is 7.07. The molecule has 0 aliphatic carbocycles. The molecule has 3 aliphatic heterocycles. The van der Waals surface area contributed by atoms with E-state index < -0.39 is 10.2 Å². The Labute approximate surface area is 199 Å². The third-order valence-corrected chi connectivity index (χ3v) is 9.72. The van der Waals surface area contributed by atoms with Crippen molar-refractivity contribution < 1.29 is 13.2 Å². The molecule has 1 amide bonds. The van der Waals surface area contributed by atoms with E-state index in [4.69, 9.17) is 0 Å². The van der Waals surface area contributed by atoms with E-state index in [-0.39, 0.29) is 11.9 Å². The predicted octanol–water partition coefficient (Wildman–Crippen LogP) is 2.59. The molecule has 1 aromatic rings. The highest BCUT2D eigenvalue weighted by molar-refractivity contribution is 7.86. The second-order valence-electron chi connectivity index (χ2n) is 9.89. The largest absolute Gasteiger partial charge is 0.341 e. The Hall–Kier alpha value is -1.48. The first-order valence-corrected chi connectivity index (χ1v) is 14.2. The molecular formula is C25H40N4O3S. The second-order valence-corrected chi connectivity index (χ2v) is 11.8. The molecule has 3 aliphatic rings. The third kappa shape index (κ3) is 6.15. The first-order chi connectivity index (χ1) is 15.9. The maximum atomic E-state index is 13.2. The average molecular weight is 477 g/mol. The van der Waals surface area contributed by atoms with Crippen LogP contribution in [0.4, 0.5) is 0 Å². The highest BCUT2D eigenvalue weighted by atomic mass is 32.2. The van der Waals surface area contributed by atoms with E-state index in [1.807, 2.05) is 11.8 Å². The van der Waals surface area contributed by atoms with Crippen LogP contribution in [-0.2, 0) is 21.4 Å². The molecule has 3 fully saturated rings. The Morgan fingerprint density at radius 2 is 1.42 bits per heavy atom. The van der Waals surface area contributed by atoms with Crippen LogP contribution in [-0.4, -0.2) is 91.1 Å². The van der Waals surface area contributed by atoms with Crippen LogP contribution >= 0.6 is 0 Å². The molecule has 0 bridgehead atoms. The lowest BCUT2D eigenvalue weighted by atomic mass is 9.90. The number of piperazine rings is 1. The van der Waals surface area contributed by atoms with Gasteiger partial charge in [0, 0.05) is 52.4 Å². The van der Waals surface area contributed by atoms with Gasteiger partial charge in [0.05, 0.1) is 6.04 Å². The maximum absolute atomic E-state index is 13.2. The molecule has 0 radical (unpaired) electrons. The molecule has 3 saturated heterocycles. The quantitative estimate of drug-likeness (QED) is 0.633. The minimum atomic E-state index is -3.39. The number of carbonyl (C=O) groups excluding carboxylic acids is 1. The number of piperidine rings is 1. The molecule has 4 rings (SSSR count). The fourth-order valence-electron chi connectivity index (χ4n) is 5.48. The number of hydrogen-bond acceptors (Lipinski definition) is 4. The van der Waals surface area contributed by atoms with Crippen molar-refractivity contribution in [3.63, 3.8) is 0 Å². The van der Waals surface area contributed by atoms with Crippen LogP contribution in [0, 0.1) is 5.92 Å². The van der Waals surface area contributed by atoms with E-state index in [1.165, 1.54) is 5.56 Å². The molecule has 1 aromatic carbocycles. The topological polar surface area (TPSA) is 64.2 Å². The number of amides is 1. The Balaban J connectivity index is 1.24. The number of likely N-dealkylation sites (tertiary alicyclic amines) is 1. The smallest absolute Gasteiger partial charge is 0.282 e. The Morgan fingerprint density at radius 1 is 0.848 bits per heavy atom. The van der Waals surface area contributed by atoms with Gasteiger partial charge in [-0.2, -0.15) is 17.0 Å². The van der Waals surface area contributed by atoms with Gasteiger partial charge in [0.2, 0.25) is 5.91 Å². The molecular weight excluding hydrogens is 436 g/mol. The van der Waals surface area contributed by atoms with Gasteiger partial charge in [-0.15, -0.1) is 0 Å². The van der Waals surface area contributed by atoms with Gasteiger partial charge in [0.15, 0.2) is 0 Å². The van der Waals surface area contributed by atoms with Gasteiger partial charge in [-0.1, -0.05) is 43.2 Å². The van der Waals surface area contributed by atoms with Gasteiger partial charge >= 0.3 is 0 Å². The molecule has 33 heavy (non-hydrogen) atoms. The number of carbonyl (C=O) groups is 1. The first-order valence-electron chi connectivity index (χ1n) is 12.8. The Kier molecular flexibility index (Phi) is 8.43. The summed E-state index contributed by atoms with van der Waals surface area (Å²) in [5, 5.41) is 0. The van der Waals surface area contributed by atoms with Crippen LogP contribution in [0.5, 0.6) is 0 Å². The fourth-order valence-corrected chi connectivity index (χ4v) is 7.15. The van der Waals surface area contributed by atoms with Crippen molar-refractivity contribution in [3.8, 4) is 0 Å². The van der Waals surface area contributed by atoms with E-state index in [1.54, 1.807) is 8.61 Å². The van der Waals surface area contributed by atoms with Crippen molar-refractivity contribution in [1.29, 1.82) is 0 Å². The minimum Gasteiger partial charge on any atom is -0.341 e. The number of rotatable bonds is 6. The lowest BCUT2D eigenvalue weighted by Gasteiger charge is -2.41. The monoisotopic (exact) mass is 476 g/mol. The van der Waals surface area contributed by atoms with Crippen LogP contribution in [0.15, 0.2) is 30.3 Å². The normalized spacial score (nSPS) is 23.8. The summed E-state index contributed by atoms with van der Waals surface area (Å²) in [5.41, 5.74) is 1.38. The molecule has 0 spiro atoms. The van der Waals surface area contributed by atoms with Gasteiger partial charge in [-0.3, -0.25) is 9.69 Å². The SMILES string of the molecule is CC(C(=O)N1CCC(Cc2ccccc2)CC1)N1CCN(S(=O)(=O)N2CCCCCC2)CC1. The zero-order valence-electron chi connectivity index (χ0n) is 20.1. The van der Waals surface area contributed by atoms with Crippen LogP contribution in [0.25, 0.3) is 0 Å². The molecule has 184 valence electrons. The van der Waals surface area contributed by atoms with Gasteiger partial charge in [0.1, 0.15) is 0 Å². The van der Waals surface area contributed by atoms with Crippen LogP contribution < -0.4 is 0 Å². The maximum Gasteiger partial charge on any atom is 0.282 e. The third-order valence-electron chi connectivity index (χ3n) is 7.69. The van der Waals surface area contributed by atoms with Crippen LogP contribution in [0.1, 0.15) is 51.0 Å². The summed E-state index contributed by atoms with van der Waals surface area (Å²) in [6.07, 6.45) is 7.32. The van der Waals surface area contributed by atoms with Crippen molar-refractivity contribution in [1.82, 2.24) is 18.4 Å². The van der Waals surface area contributed by atoms with E-state index in [9.17, 15) is 13.2 Å². The summed E-state index contributed by atoms with van der Waals surface area (Å²) in [6, 6.07) is 10.4. The zero-order chi connectivity index (χ0) is 23.3. The fraction of sp³-hybridized carbons (Fsp3) is 0.720. The molecule has 7 nitrogen and oxygen atoms in total. The van der Waals surface area contributed by atoms with Crippen molar-refractivity contribution in [2.45, 2.75) is 57.9 Å². The van der Waals surface area contributed by atoms with Crippen molar-refractivity contribution in [2.75, 3.05) is 52.4 Å². The number of nitrogens with zero attached hydrogens (tertiary/aromatic N) is 4. The second kappa shape index (κ2) is 11.3. The predicted molar refractivity (Wildman–Crippen MR) is 131 cm³/mol. The van der Waals surface area contributed by atoms with E-state index in [0.717, 1.165) is 58.0 Å². The summed E-state index contributed by atoms with van der Waals surface area (Å²) in [4.78, 5) is 17.4. The van der Waals surface area contributed by atoms with Crippen molar-refractivity contribution in [3.05, 3.63) is 35.9 Å². The van der Waals surface area contributed by atoms with Gasteiger partial charge in [-0.25, -0.2) is 0 Å². The molecule has 0 saturated carbocycles. The molecule has 8 heteroatoms. The standard InChI is InChI=1S/C25H40N4O3S/c1-22(25(30)27-15-11-24(12-16-27)21-23-9-5-4-6-10-23)26-17-19-29(20-18-26)33(31,32)28-13-7-2-3-8-14-28/h4-6,9-10,22,24H,2-3,7-8,11-21H2,1H3. The van der Waals surface area contributed by atoms with Gasteiger partial charge in [-0.05, 0) is 50.5 Å². The van der Waals surface area contributed by atoms with Gasteiger partial charge in [0.25, 0.3) is 10.2 Å². The summed E-state index contributed by atoms with van der Waals surface area (Å²) < 4.78 is 29.4. The van der Waals surface area contributed by atoms with Crippen LogP contribution in [0.3, 0.4) is 0 Å². The summed E-state index contributed by atoms with van der Waals surface area (Å²) in [5.74, 6) is 0.830. The van der Waals surface area contributed by atoms with E-state index in [0.29, 0.717) is 45.2 Å². The first kappa shape index (κ1) is 24.6. The summed E-state index contributed by atoms with van der Waals surface area (Å²) >= 11 is 0. The van der Waals surface area contributed by atoms with Crippen LogP contribution in [0.2, 0.25) is 0 Å². The minimum absolute atomic E-state index is 0.192. The molecule has 0 N–H and O–H groups in total. The van der Waals surface area contributed by atoms with Gasteiger partial charge < -0.3 is 4.90 Å². The average Bonchev–Trinajstić information content (AvgIpc) is 3.15. The number of hydrogen-bond donors (Lipinski definition) is 0. The zero-order valence-corrected chi connectivity index (χ0v) is 20.9.